The Morgan fingerprint density at radius 2 is 0.400 bits per heavy atom. The first-order valence-corrected chi connectivity index (χ1v) is 25.3. The number of rotatable bonds is 18. The number of hydrogen-bond acceptors (Lipinski definition) is 4. The average Bonchev–Trinajstić information content (AvgIpc) is 3.43. The van der Waals surface area contributed by atoms with E-state index >= 15 is 0 Å². The highest BCUT2D eigenvalue weighted by Gasteiger charge is 2.03. The normalized spacial score (nSPS) is 10.3. The second-order valence-corrected chi connectivity index (χ2v) is 17.4. The summed E-state index contributed by atoms with van der Waals surface area (Å²) in [6.07, 6.45) is 12.1. The van der Waals surface area contributed by atoms with E-state index in [1.54, 1.807) is 28.4 Å². The summed E-state index contributed by atoms with van der Waals surface area (Å²) in [6, 6.07) is 68.0. The Bertz CT molecular complexity index is 2370. The number of benzene rings is 8. The Morgan fingerprint density at radius 3 is 0.571 bits per heavy atom. The molecule has 0 aliphatic carbocycles. The SMILES string of the molecule is CCCCCc1ccc(-c2ccc(OC)cc2)cc1.CCCc1ccc(-c2ccc(OC)cc2)cc1.CCCc1ccc(-c2ccc(OC)cc2)cc1.CCCc1ccc(-c2ccc(OC)cc2)cc1. The highest BCUT2D eigenvalue weighted by molar-refractivity contribution is 5.67. The van der Waals surface area contributed by atoms with Gasteiger partial charge in [0.05, 0.1) is 28.4 Å². The zero-order valence-electron chi connectivity index (χ0n) is 43.2. The summed E-state index contributed by atoms with van der Waals surface area (Å²) in [4.78, 5) is 0. The predicted molar refractivity (Wildman–Crippen MR) is 299 cm³/mol. The Morgan fingerprint density at radius 1 is 0.214 bits per heavy atom. The molecule has 8 aromatic carbocycles. The number of methoxy groups -OCH3 is 4. The fourth-order valence-corrected chi connectivity index (χ4v) is 8.03. The van der Waals surface area contributed by atoms with Gasteiger partial charge in [0.25, 0.3) is 0 Å². The lowest BCUT2D eigenvalue weighted by molar-refractivity contribution is 0.415. The zero-order chi connectivity index (χ0) is 49.8. The second-order valence-electron chi connectivity index (χ2n) is 17.4. The topological polar surface area (TPSA) is 36.9 Å². The molecule has 0 fully saturated rings. The molecule has 0 radical (unpaired) electrons. The average molecular weight is 933 g/mol. The summed E-state index contributed by atoms with van der Waals surface area (Å²) in [5, 5.41) is 0. The van der Waals surface area contributed by atoms with Gasteiger partial charge in [0.1, 0.15) is 23.0 Å². The van der Waals surface area contributed by atoms with E-state index in [0.29, 0.717) is 0 Å². The Balaban J connectivity index is 0.000000174. The number of hydrogen-bond donors (Lipinski definition) is 0. The molecule has 0 aliphatic heterocycles. The fraction of sp³-hybridized carbons (Fsp3) is 0.273. The second kappa shape index (κ2) is 30.4. The van der Waals surface area contributed by atoms with Crippen LogP contribution in [-0.4, -0.2) is 28.4 Å². The van der Waals surface area contributed by atoms with Crippen LogP contribution < -0.4 is 18.9 Å². The van der Waals surface area contributed by atoms with E-state index in [4.69, 9.17) is 18.9 Å². The van der Waals surface area contributed by atoms with E-state index in [1.807, 2.05) is 48.5 Å². The molecule has 0 aromatic heterocycles. The van der Waals surface area contributed by atoms with Gasteiger partial charge in [-0.25, -0.2) is 0 Å². The number of aryl methyl sites for hydroxylation is 4. The van der Waals surface area contributed by atoms with E-state index < -0.39 is 0 Å². The molecule has 0 saturated heterocycles. The van der Waals surface area contributed by atoms with Crippen LogP contribution >= 0.6 is 0 Å². The van der Waals surface area contributed by atoms with Crippen molar-refractivity contribution in [3.8, 4) is 67.5 Å². The minimum Gasteiger partial charge on any atom is -0.497 e. The molecule has 0 bridgehead atoms. The maximum Gasteiger partial charge on any atom is 0.118 e. The summed E-state index contributed by atoms with van der Waals surface area (Å²) in [6.45, 7) is 8.86. The van der Waals surface area contributed by atoms with Crippen LogP contribution in [0.1, 0.15) is 88.5 Å². The maximum atomic E-state index is 5.18. The highest BCUT2D eigenvalue weighted by Crippen LogP contribution is 2.27. The number of ether oxygens (including phenoxy) is 4. The molecule has 0 spiro atoms. The van der Waals surface area contributed by atoms with Crippen LogP contribution in [0.25, 0.3) is 44.5 Å². The summed E-state index contributed by atoms with van der Waals surface area (Å²) >= 11 is 0. The van der Waals surface area contributed by atoms with E-state index in [-0.39, 0.29) is 0 Å². The van der Waals surface area contributed by atoms with Crippen molar-refractivity contribution in [3.05, 3.63) is 216 Å². The van der Waals surface area contributed by atoms with Crippen LogP contribution in [0.4, 0.5) is 0 Å². The monoisotopic (exact) mass is 933 g/mol. The van der Waals surface area contributed by atoms with Gasteiger partial charge in [-0.15, -0.1) is 0 Å². The molecule has 0 amide bonds. The first kappa shape index (κ1) is 53.9. The van der Waals surface area contributed by atoms with Gasteiger partial charge in [0.15, 0.2) is 0 Å². The largest absolute Gasteiger partial charge is 0.497 e. The Labute approximate surface area is 421 Å². The van der Waals surface area contributed by atoms with Gasteiger partial charge >= 0.3 is 0 Å². The summed E-state index contributed by atoms with van der Waals surface area (Å²) in [7, 11) is 6.76. The van der Waals surface area contributed by atoms with Crippen molar-refractivity contribution in [3.63, 3.8) is 0 Å². The van der Waals surface area contributed by atoms with Crippen LogP contribution in [0, 0.1) is 0 Å². The molecule has 364 valence electrons. The Kier molecular flexibility index (Phi) is 23.4. The van der Waals surface area contributed by atoms with Crippen molar-refractivity contribution in [2.24, 2.45) is 0 Å². The zero-order valence-corrected chi connectivity index (χ0v) is 43.2. The third-order valence-electron chi connectivity index (χ3n) is 12.2. The number of unbranched alkanes of at least 4 members (excludes halogenated alkanes) is 2. The van der Waals surface area contributed by atoms with Crippen LogP contribution in [0.2, 0.25) is 0 Å². The van der Waals surface area contributed by atoms with Crippen molar-refractivity contribution in [2.75, 3.05) is 28.4 Å². The van der Waals surface area contributed by atoms with Gasteiger partial charge in [-0.05, 0) is 147 Å². The molecular formula is C66H76O4. The molecule has 0 unspecified atom stereocenters. The van der Waals surface area contributed by atoms with Gasteiger partial charge < -0.3 is 18.9 Å². The van der Waals surface area contributed by atoms with Crippen LogP contribution in [-0.2, 0) is 25.7 Å². The van der Waals surface area contributed by atoms with Gasteiger partial charge in [-0.1, -0.05) is 205 Å². The van der Waals surface area contributed by atoms with Gasteiger partial charge in [-0.3, -0.25) is 0 Å². The first-order chi connectivity index (χ1) is 34.3. The van der Waals surface area contributed by atoms with E-state index in [0.717, 1.165) is 42.3 Å². The third kappa shape index (κ3) is 17.8. The van der Waals surface area contributed by atoms with Crippen LogP contribution in [0.5, 0.6) is 23.0 Å². The summed E-state index contributed by atoms with van der Waals surface area (Å²) in [5.74, 6) is 3.60. The van der Waals surface area contributed by atoms with Gasteiger partial charge in [0, 0.05) is 0 Å². The lowest BCUT2D eigenvalue weighted by Crippen LogP contribution is -1.86. The van der Waals surface area contributed by atoms with Gasteiger partial charge in [-0.2, -0.15) is 0 Å². The lowest BCUT2D eigenvalue weighted by atomic mass is 10.0. The molecule has 4 heteroatoms. The van der Waals surface area contributed by atoms with Gasteiger partial charge in [0.2, 0.25) is 0 Å². The molecule has 0 saturated carbocycles. The van der Waals surface area contributed by atoms with E-state index in [1.165, 1.54) is 112 Å². The van der Waals surface area contributed by atoms with Crippen molar-refractivity contribution >= 4 is 0 Å². The van der Waals surface area contributed by atoms with Crippen molar-refractivity contribution < 1.29 is 18.9 Å². The van der Waals surface area contributed by atoms with Crippen molar-refractivity contribution in [1.29, 1.82) is 0 Å². The molecule has 0 heterocycles. The molecule has 8 aromatic rings. The minimum absolute atomic E-state index is 0.899. The molecule has 8 rings (SSSR count). The van der Waals surface area contributed by atoms with E-state index in [9.17, 15) is 0 Å². The minimum atomic E-state index is 0.899. The Hall–Kier alpha value is -7.04. The van der Waals surface area contributed by atoms with Crippen molar-refractivity contribution in [1.82, 2.24) is 0 Å². The molecule has 4 nitrogen and oxygen atoms in total. The standard InChI is InChI=1S/C18H22O.3C16H18O/c1-3-4-5-6-15-7-9-16(10-8-15)17-11-13-18(19-2)14-12-17;3*1-3-4-13-5-7-14(8-6-13)15-9-11-16(17-2)12-10-15/h7-14H,3-6H2,1-2H3;3*5-12H,3-4H2,1-2H3. The summed E-state index contributed by atoms with van der Waals surface area (Å²) in [5.41, 5.74) is 15.6. The molecule has 0 atom stereocenters. The smallest absolute Gasteiger partial charge is 0.118 e. The lowest BCUT2D eigenvalue weighted by Gasteiger charge is -2.06. The predicted octanol–water partition coefficient (Wildman–Crippen LogP) is 18.0. The molecule has 70 heavy (non-hydrogen) atoms. The molecule has 0 N–H and O–H groups in total. The maximum absolute atomic E-state index is 5.18. The summed E-state index contributed by atoms with van der Waals surface area (Å²) < 4.78 is 20.6. The molecule has 0 aliphatic rings. The quantitative estimate of drug-likeness (QED) is 0.0804. The first-order valence-electron chi connectivity index (χ1n) is 25.3. The van der Waals surface area contributed by atoms with Crippen molar-refractivity contribution in [2.45, 2.75) is 91.9 Å². The van der Waals surface area contributed by atoms with Crippen LogP contribution in [0.15, 0.2) is 194 Å². The molecular weight excluding hydrogens is 857 g/mol. The third-order valence-corrected chi connectivity index (χ3v) is 12.2. The van der Waals surface area contributed by atoms with Crippen LogP contribution in [0.3, 0.4) is 0 Å². The van der Waals surface area contributed by atoms with E-state index in [2.05, 4.69) is 173 Å². The highest BCUT2D eigenvalue weighted by atomic mass is 16.5. The fourth-order valence-electron chi connectivity index (χ4n) is 8.03.